The third kappa shape index (κ3) is 18.3. The fourth-order valence-electron chi connectivity index (χ4n) is 14.7. The first-order chi connectivity index (χ1) is 51.5. The van der Waals surface area contributed by atoms with Crippen LogP contribution in [0, 0.1) is 64.1 Å². The molecular weight excluding hydrogens is 1470 g/mol. The third-order valence-corrected chi connectivity index (χ3v) is 22.3. The van der Waals surface area contributed by atoms with Crippen molar-refractivity contribution >= 4 is 92.8 Å². The van der Waals surface area contributed by atoms with Crippen molar-refractivity contribution in [3.63, 3.8) is 0 Å². The molecule has 0 spiro atoms. The Balaban J connectivity index is 0.000000166. The van der Waals surface area contributed by atoms with E-state index in [1.54, 1.807) is 0 Å². The molecule has 0 bridgehead atoms. The van der Waals surface area contributed by atoms with Crippen molar-refractivity contribution in [2.24, 2.45) is 23.7 Å². The number of nitro benzene ring substituents is 4. The Hall–Kier alpha value is -9.76. The number of ether oxygens (including phenoxy) is 4. The molecule has 12 rings (SSSR count). The van der Waals surface area contributed by atoms with Crippen LogP contribution in [-0.2, 0) is 18.9 Å². The SMILES string of the molecule is CC[C@H]1CO[C@@H](c2ccccc2)[C@]1(C)NC(=O)c1cc([N+](=O)[O-])ccc1Cl.CC[C@H]1CO[C@@H](c2ccccc2)[C@]1(C)NC(=O)c1cc([N+](=O)[O-])ccc1Cl.CC[C@H]1CO[C@@H](c2ccccc2)[C@]1(C)NC(=O)c1cc([N+](=O)[O-])ccc1Cl.CC[C@H]1CO[C@@H](c2ccccc2)[C@]1(C)NC(=O)c1cc([N+](=O)[O-])ccc1Cl. The van der Waals surface area contributed by atoms with Crippen molar-refractivity contribution < 1.29 is 57.8 Å². The highest BCUT2D eigenvalue weighted by molar-refractivity contribution is 6.35. The summed E-state index contributed by atoms with van der Waals surface area (Å²) in [6, 6.07) is 54.3. The summed E-state index contributed by atoms with van der Waals surface area (Å²) in [6.07, 6.45) is 2.03. The van der Waals surface area contributed by atoms with Gasteiger partial charge in [0.15, 0.2) is 0 Å². The summed E-state index contributed by atoms with van der Waals surface area (Å²) in [6.45, 7) is 18.1. The van der Waals surface area contributed by atoms with Gasteiger partial charge in [-0.2, -0.15) is 0 Å². The quantitative estimate of drug-likeness (QED) is 0.0407. The first-order valence-electron chi connectivity index (χ1n) is 35.2. The van der Waals surface area contributed by atoms with Gasteiger partial charge in [0.1, 0.15) is 24.4 Å². The molecule has 4 N–H and O–H groups in total. The van der Waals surface area contributed by atoms with Crippen LogP contribution in [-0.4, -0.2) is 91.9 Å². The molecule has 568 valence electrons. The monoisotopic (exact) mass is 1550 g/mol. The van der Waals surface area contributed by atoms with Crippen LogP contribution in [0.15, 0.2) is 194 Å². The number of rotatable bonds is 20. The van der Waals surface area contributed by atoms with Crippen molar-refractivity contribution in [3.05, 3.63) is 299 Å². The zero-order chi connectivity index (χ0) is 78.4. The molecule has 28 heteroatoms. The lowest BCUT2D eigenvalue weighted by molar-refractivity contribution is -0.385. The van der Waals surface area contributed by atoms with Gasteiger partial charge in [0.2, 0.25) is 0 Å². The van der Waals surface area contributed by atoms with Crippen LogP contribution in [0.5, 0.6) is 0 Å². The van der Waals surface area contributed by atoms with E-state index in [2.05, 4.69) is 21.3 Å². The molecular formula is C80H84Cl4N8O16. The Labute approximate surface area is 645 Å². The van der Waals surface area contributed by atoms with Crippen LogP contribution < -0.4 is 21.3 Å². The average Bonchev–Trinajstić information content (AvgIpc) is 1.67. The predicted octanol–water partition coefficient (Wildman–Crippen LogP) is 18.1. The smallest absolute Gasteiger partial charge is 0.270 e. The molecule has 0 saturated carbocycles. The number of hydrogen-bond donors (Lipinski definition) is 4. The molecule has 12 atom stereocenters. The summed E-state index contributed by atoms with van der Waals surface area (Å²) in [5, 5.41) is 57.1. The second-order valence-corrected chi connectivity index (χ2v) is 29.2. The number of nitrogens with zero attached hydrogens (tertiary/aromatic N) is 4. The van der Waals surface area contributed by atoms with E-state index in [1.807, 2.05) is 177 Å². The number of carbonyl (C=O) groups is 4. The number of halogens is 4. The summed E-state index contributed by atoms with van der Waals surface area (Å²) in [5.74, 6) is -1.39. The van der Waals surface area contributed by atoms with Gasteiger partial charge >= 0.3 is 0 Å². The summed E-state index contributed by atoms with van der Waals surface area (Å²) < 4.78 is 24.1. The molecule has 0 aromatic heterocycles. The summed E-state index contributed by atoms with van der Waals surface area (Å²) in [5.41, 5.74) is 0.860. The zero-order valence-corrected chi connectivity index (χ0v) is 63.6. The van der Waals surface area contributed by atoms with E-state index in [-0.39, 0.29) is 113 Å². The lowest BCUT2D eigenvalue weighted by Gasteiger charge is -2.36. The van der Waals surface area contributed by atoms with Crippen LogP contribution in [0.1, 0.15) is 169 Å². The van der Waals surface area contributed by atoms with Gasteiger partial charge in [-0.05, 0) is 99.9 Å². The molecule has 4 saturated heterocycles. The second kappa shape index (κ2) is 36.0. The van der Waals surface area contributed by atoms with Crippen molar-refractivity contribution in [3.8, 4) is 0 Å². The molecule has 8 aromatic carbocycles. The van der Waals surface area contributed by atoms with Gasteiger partial charge in [-0.1, -0.05) is 195 Å². The maximum atomic E-state index is 13.0. The standard InChI is InChI=1S/4C20H21ClN2O4/c4*1-3-14-12-27-18(13-7-5-4-6-8-13)20(14,2)22-19(24)16-11-15(23(25)26)9-10-17(16)21/h4*4-11,14,18H,3,12H2,1-2H3,(H,22,24)/t4*14-,18-,20+/m0000/s1. The summed E-state index contributed by atoms with van der Waals surface area (Å²) >= 11 is 24.5. The first-order valence-corrected chi connectivity index (χ1v) is 36.7. The maximum Gasteiger partial charge on any atom is 0.270 e. The van der Waals surface area contributed by atoms with Gasteiger partial charge in [-0.3, -0.25) is 59.6 Å². The third-order valence-electron chi connectivity index (χ3n) is 21.0. The Morgan fingerprint density at radius 1 is 0.333 bits per heavy atom. The van der Waals surface area contributed by atoms with E-state index in [0.29, 0.717) is 26.4 Å². The maximum absolute atomic E-state index is 13.0. The molecule has 0 aliphatic carbocycles. The van der Waals surface area contributed by atoms with Gasteiger partial charge < -0.3 is 40.2 Å². The summed E-state index contributed by atoms with van der Waals surface area (Å²) in [7, 11) is 0. The van der Waals surface area contributed by atoms with E-state index < -0.39 is 65.5 Å². The van der Waals surface area contributed by atoms with Crippen molar-refractivity contribution in [1.29, 1.82) is 0 Å². The number of benzene rings is 8. The summed E-state index contributed by atoms with van der Waals surface area (Å²) in [4.78, 5) is 93.8. The Morgan fingerprint density at radius 3 is 0.667 bits per heavy atom. The fraction of sp³-hybridized carbons (Fsp3) is 0.350. The molecule has 4 aliphatic heterocycles. The Morgan fingerprint density at radius 2 is 0.509 bits per heavy atom. The number of nitro groups is 4. The highest BCUT2D eigenvalue weighted by Crippen LogP contribution is 2.48. The molecule has 0 unspecified atom stereocenters. The highest BCUT2D eigenvalue weighted by atomic mass is 35.5. The molecule has 108 heavy (non-hydrogen) atoms. The molecule has 4 amide bonds. The van der Waals surface area contributed by atoms with Gasteiger partial charge in [-0.25, -0.2) is 0 Å². The highest BCUT2D eigenvalue weighted by Gasteiger charge is 2.53. The van der Waals surface area contributed by atoms with Crippen molar-refractivity contribution in [2.75, 3.05) is 26.4 Å². The number of hydrogen-bond acceptors (Lipinski definition) is 16. The van der Waals surface area contributed by atoms with Crippen LogP contribution in [0.3, 0.4) is 0 Å². The molecule has 24 nitrogen and oxygen atoms in total. The van der Waals surface area contributed by atoms with Crippen molar-refractivity contribution in [1.82, 2.24) is 21.3 Å². The average molecular weight is 1560 g/mol. The fourth-order valence-corrected chi connectivity index (χ4v) is 15.5. The minimum Gasteiger partial charge on any atom is -0.371 e. The number of carbonyl (C=O) groups excluding carboxylic acids is 4. The predicted molar refractivity (Wildman–Crippen MR) is 412 cm³/mol. The molecule has 4 aliphatic rings. The van der Waals surface area contributed by atoms with Gasteiger partial charge in [-0.15, -0.1) is 0 Å². The van der Waals surface area contributed by atoms with E-state index in [0.717, 1.165) is 47.9 Å². The largest absolute Gasteiger partial charge is 0.371 e. The van der Waals surface area contributed by atoms with E-state index in [4.69, 9.17) is 65.4 Å². The Bertz CT molecular complexity index is 4010. The van der Waals surface area contributed by atoms with E-state index >= 15 is 0 Å². The van der Waals surface area contributed by atoms with Crippen molar-refractivity contribution in [2.45, 2.75) is 128 Å². The lowest BCUT2D eigenvalue weighted by atomic mass is 9.79. The molecule has 4 fully saturated rings. The molecule has 4 heterocycles. The molecule has 0 radical (unpaired) electrons. The lowest BCUT2D eigenvalue weighted by Crippen LogP contribution is -2.52. The van der Waals surface area contributed by atoms with Gasteiger partial charge in [0.05, 0.1) is 111 Å². The minimum absolute atomic E-state index is 0.0839. The van der Waals surface area contributed by atoms with Crippen LogP contribution in [0.4, 0.5) is 22.7 Å². The van der Waals surface area contributed by atoms with E-state index in [1.165, 1.54) is 72.8 Å². The topological polar surface area (TPSA) is 326 Å². The first kappa shape index (κ1) is 82.3. The number of amides is 4. The van der Waals surface area contributed by atoms with Crippen LogP contribution in [0.25, 0.3) is 0 Å². The number of nitrogens with one attached hydrogen (secondary N) is 4. The van der Waals surface area contributed by atoms with Gasteiger partial charge in [0.25, 0.3) is 46.4 Å². The normalized spacial score (nSPS) is 24.6. The van der Waals surface area contributed by atoms with E-state index in [9.17, 15) is 59.6 Å². The van der Waals surface area contributed by atoms with Crippen LogP contribution in [0.2, 0.25) is 20.1 Å². The van der Waals surface area contributed by atoms with Crippen LogP contribution >= 0.6 is 46.4 Å². The minimum atomic E-state index is -0.666. The zero-order valence-electron chi connectivity index (χ0n) is 60.6. The second-order valence-electron chi connectivity index (χ2n) is 27.5. The van der Waals surface area contributed by atoms with Gasteiger partial charge in [0, 0.05) is 72.2 Å². The molecule has 8 aromatic rings. The Kier molecular flexibility index (Phi) is 27.4. The number of non-ortho nitro benzene ring substituents is 4.